The van der Waals surface area contributed by atoms with Crippen LogP contribution in [0.2, 0.25) is 5.02 Å². The summed E-state index contributed by atoms with van der Waals surface area (Å²) in [6, 6.07) is 0. The van der Waals surface area contributed by atoms with Crippen molar-refractivity contribution in [1.82, 2.24) is 10.3 Å². The number of carbonyl (C=O) groups excluding carboxylic acids is 1. The highest BCUT2D eigenvalue weighted by Gasteiger charge is 2.15. The van der Waals surface area contributed by atoms with Crippen molar-refractivity contribution < 1.29 is 4.79 Å². The van der Waals surface area contributed by atoms with Crippen LogP contribution in [-0.4, -0.2) is 17.8 Å². The van der Waals surface area contributed by atoms with E-state index in [9.17, 15) is 4.79 Å². The molecule has 1 N–H and O–H groups in total. The summed E-state index contributed by atoms with van der Waals surface area (Å²) in [7, 11) is 0. The number of aromatic nitrogens is 1. The Hall–Kier alpha value is -0.930. The minimum Gasteiger partial charge on any atom is -0.312 e. The van der Waals surface area contributed by atoms with Crippen LogP contribution >= 0.6 is 11.6 Å². The van der Waals surface area contributed by atoms with Gasteiger partial charge in [-0.25, -0.2) is 0 Å². The van der Waals surface area contributed by atoms with Gasteiger partial charge in [-0.15, -0.1) is 0 Å². The van der Waals surface area contributed by atoms with Crippen LogP contribution in [0.3, 0.4) is 0 Å². The number of rotatable bonds is 1. The van der Waals surface area contributed by atoms with Crippen molar-refractivity contribution in [3.8, 4) is 0 Å². The van der Waals surface area contributed by atoms with E-state index in [2.05, 4.69) is 10.3 Å². The third kappa shape index (κ3) is 1.45. The lowest BCUT2D eigenvalue weighted by atomic mass is 10.1. The molecule has 0 atom stereocenters. The second-order valence-corrected chi connectivity index (χ2v) is 3.38. The molecule has 0 saturated carbocycles. The van der Waals surface area contributed by atoms with Crippen molar-refractivity contribution in [2.45, 2.75) is 13.0 Å². The van der Waals surface area contributed by atoms with Crippen LogP contribution in [0.5, 0.6) is 0 Å². The number of nitrogens with zero attached hydrogens (tertiary/aromatic N) is 1. The molecule has 1 aromatic rings. The van der Waals surface area contributed by atoms with Crippen LogP contribution in [0, 0.1) is 0 Å². The fourth-order valence-corrected chi connectivity index (χ4v) is 1.75. The molecule has 0 unspecified atom stereocenters. The lowest BCUT2D eigenvalue weighted by Gasteiger charge is -2.17. The van der Waals surface area contributed by atoms with Crippen molar-refractivity contribution in [1.29, 1.82) is 0 Å². The van der Waals surface area contributed by atoms with E-state index in [0.717, 1.165) is 30.5 Å². The van der Waals surface area contributed by atoms with Gasteiger partial charge in [0.15, 0.2) is 6.29 Å². The number of halogens is 1. The first-order chi connectivity index (χ1) is 6.33. The SMILES string of the molecule is O=Cc1cnc2c(c1Cl)CNCC2. The number of hydrogen-bond acceptors (Lipinski definition) is 3. The van der Waals surface area contributed by atoms with E-state index in [0.29, 0.717) is 17.1 Å². The molecule has 0 aromatic carbocycles. The molecule has 13 heavy (non-hydrogen) atoms. The highest BCUT2D eigenvalue weighted by Crippen LogP contribution is 2.23. The minimum atomic E-state index is 0.476. The van der Waals surface area contributed by atoms with Gasteiger partial charge in [-0.2, -0.15) is 0 Å². The number of hydrogen-bond donors (Lipinski definition) is 1. The molecule has 1 aliphatic heterocycles. The quantitative estimate of drug-likeness (QED) is 0.687. The molecule has 1 aromatic heterocycles. The second-order valence-electron chi connectivity index (χ2n) is 3.00. The van der Waals surface area contributed by atoms with Gasteiger partial charge in [-0.05, 0) is 0 Å². The molecule has 0 fully saturated rings. The molecule has 2 rings (SSSR count). The van der Waals surface area contributed by atoms with Gasteiger partial charge < -0.3 is 5.32 Å². The summed E-state index contributed by atoms with van der Waals surface area (Å²) in [6.45, 7) is 1.64. The van der Waals surface area contributed by atoms with Gasteiger partial charge in [0.25, 0.3) is 0 Å². The average Bonchev–Trinajstić information content (AvgIpc) is 2.19. The molecule has 0 aliphatic carbocycles. The highest BCUT2D eigenvalue weighted by molar-refractivity contribution is 6.33. The smallest absolute Gasteiger partial charge is 0.153 e. The number of fused-ring (bicyclic) bond motifs is 1. The van der Waals surface area contributed by atoms with Crippen LogP contribution in [0.15, 0.2) is 6.20 Å². The molecule has 68 valence electrons. The Morgan fingerprint density at radius 1 is 1.62 bits per heavy atom. The van der Waals surface area contributed by atoms with Gasteiger partial charge >= 0.3 is 0 Å². The summed E-state index contributed by atoms with van der Waals surface area (Å²) in [5.41, 5.74) is 2.45. The van der Waals surface area contributed by atoms with Crippen LogP contribution in [0.1, 0.15) is 21.6 Å². The first-order valence-electron chi connectivity index (χ1n) is 4.15. The van der Waals surface area contributed by atoms with Crippen molar-refractivity contribution >= 4 is 17.9 Å². The first kappa shape index (κ1) is 8.66. The monoisotopic (exact) mass is 196 g/mol. The van der Waals surface area contributed by atoms with Gasteiger partial charge in [-0.3, -0.25) is 9.78 Å². The van der Waals surface area contributed by atoms with Crippen molar-refractivity contribution in [3.05, 3.63) is 28.0 Å². The molecular weight excluding hydrogens is 188 g/mol. The zero-order valence-electron chi connectivity index (χ0n) is 7.01. The number of carbonyl (C=O) groups is 1. The maximum absolute atomic E-state index is 10.6. The molecular formula is C9H9ClN2O. The predicted octanol–water partition coefficient (Wildman–Crippen LogP) is 1.19. The zero-order valence-corrected chi connectivity index (χ0v) is 7.77. The molecule has 0 radical (unpaired) electrons. The molecule has 3 nitrogen and oxygen atoms in total. The Labute approximate surface area is 81.1 Å². The maximum atomic E-state index is 10.6. The summed E-state index contributed by atoms with van der Waals surface area (Å²) in [5, 5.41) is 3.74. The van der Waals surface area contributed by atoms with E-state index >= 15 is 0 Å². The summed E-state index contributed by atoms with van der Waals surface area (Å²) < 4.78 is 0. The van der Waals surface area contributed by atoms with Gasteiger partial charge in [0, 0.05) is 37.0 Å². The number of nitrogens with one attached hydrogen (secondary N) is 1. The van der Waals surface area contributed by atoms with Gasteiger partial charge in [0.2, 0.25) is 0 Å². The van der Waals surface area contributed by atoms with E-state index in [4.69, 9.17) is 11.6 Å². The Morgan fingerprint density at radius 3 is 3.23 bits per heavy atom. The molecule has 0 bridgehead atoms. The average molecular weight is 197 g/mol. The van der Waals surface area contributed by atoms with E-state index in [1.165, 1.54) is 0 Å². The van der Waals surface area contributed by atoms with Gasteiger partial charge in [0.05, 0.1) is 10.6 Å². The minimum absolute atomic E-state index is 0.476. The number of pyridine rings is 1. The van der Waals surface area contributed by atoms with Crippen molar-refractivity contribution in [3.63, 3.8) is 0 Å². The molecule has 2 heterocycles. The highest BCUT2D eigenvalue weighted by atomic mass is 35.5. The second kappa shape index (κ2) is 3.44. The Kier molecular flexibility index (Phi) is 2.29. The van der Waals surface area contributed by atoms with Crippen LogP contribution in [-0.2, 0) is 13.0 Å². The van der Waals surface area contributed by atoms with Gasteiger partial charge in [0.1, 0.15) is 0 Å². The van der Waals surface area contributed by atoms with Crippen LogP contribution < -0.4 is 5.32 Å². The van der Waals surface area contributed by atoms with Gasteiger partial charge in [-0.1, -0.05) is 11.6 Å². The Bertz CT molecular complexity index is 352. The van der Waals surface area contributed by atoms with E-state index in [1.54, 1.807) is 6.20 Å². The summed E-state index contributed by atoms with van der Waals surface area (Å²) >= 11 is 6.02. The Morgan fingerprint density at radius 2 is 2.46 bits per heavy atom. The molecule has 0 amide bonds. The third-order valence-corrected chi connectivity index (χ3v) is 2.64. The summed E-state index contributed by atoms with van der Waals surface area (Å²) in [6.07, 6.45) is 3.16. The number of aldehydes is 1. The maximum Gasteiger partial charge on any atom is 0.153 e. The van der Waals surface area contributed by atoms with Crippen LogP contribution in [0.25, 0.3) is 0 Å². The van der Waals surface area contributed by atoms with E-state index < -0.39 is 0 Å². The fourth-order valence-electron chi connectivity index (χ4n) is 1.48. The van der Waals surface area contributed by atoms with Crippen LogP contribution in [0.4, 0.5) is 0 Å². The zero-order chi connectivity index (χ0) is 9.26. The topological polar surface area (TPSA) is 42.0 Å². The van der Waals surface area contributed by atoms with E-state index in [-0.39, 0.29) is 0 Å². The summed E-state index contributed by atoms with van der Waals surface area (Å²) in [5.74, 6) is 0. The third-order valence-electron chi connectivity index (χ3n) is 2.19. The molecule has 0 saturated heterocycles. The lowest BCUT2D eigenvalue weighted by Crippen LogP contribution is -2.25. The van der Waals surface area contributed by atoms with Crippen molar-refractivity contribution in [2.75, 3.05) is 6.54 Å². The molecule has 1 aliphatic rings. The lowest BCUT2D eigenvalue weighted by molar-refractivity contribution is 0.112. The molecule has 0 spiro atoms. The Balaban J connectivity index is 2.54. The van der Waals surface area contributed by atoms with E-state index in [1.807, 2.05) is 0 Å². The molecule has 4 heteroatoms. The fraction of sp³-hybridized carbons (Fsp3) is 0.333. The largest absolute Gasteiger partial charge is 0.312 e. The standard InChI is InChI=1S/C9H9ClN2O/c10-9-6(5-13)3-12-8-1-2-11-4-7(8)9/h3,5,11H,1-2,4H2. The summed E-state index contributed by atoms with van der Waals surface area (Å²) in [4.78, 5) is 14.8. The predicted molar refractivity (Wildman–Crippen MR) is 50.0 cm³/mol. The first-order valence-corrected chi connectivity index (χ1v) is 4.53. The van der Waals surface area contributed by atoms with Crippen molar-refractivity contribution in [2.24, 2.45) is 0 Å². The normalized spacial score (nSPS) is 15.2.